The molecule has 0 aliphatic heterocycles. The van der Waals surface area contributed by atoms with Crippen molar-refractivity contribution in [1.29, 1.82) is 0 Å². The van der Waals surface area contributed by atoms with E-state index >= 15 is 0 Å². The summed E-state index contributed by atoms with van der Waals surface area (Å²) in [5.74, 6) is 0.643. The molecule has 1 heterocycles. The van der Waals surface area contributed by atoms with E-state index in [1.54, 1.807) is 56.4 Å². The Morgan fingerprint density at radius 3 is 2.21 bits per heavy atom. The summed E-state index contributed by atoms with van der Waals surface area (Å²) in [5.41, 5.74) is 0.748. The van der Waals surface area contributed by atoms with Crippen LogP contribution in [0.4, 0.5) is 0 Å². The SMILES string of the molecule is CCOC(=O)C(C)(C)Oc1ccc(-c2cccs2)cc1CC(=O)c1c(OC)cccc1OC. The van der Waals surface area contributed by atoms with Crippen LogP contribution in [0.5, 0.6) is 17.2 Å². The Hall–Kier alpha value is -3.32. The lowest BCUT2D eigenvalue weighted by molar-refractivity contribution is -0.158. The molecule has 2 aromatic carbocycles. The van der Waals surface area contributed by atoms with Gasteiger partial charge in [-0.25, -0.2) is 4.79 Å². The predicted octanol–water partition coefficient (Wildman–Crippen LogP) is 5.58. The fourth-order valence-electron chi connectivity index (χ4n) is 3.42. The number of hydrogen-bond acceptors (Lipinski definition) is 7. The number of carbonyl (C=O) groups excluding carboxylic acids is 2. The van der Waals surface area contributed by atoms with Crippen molar-refractivity contribution < 1.29 is 28.5 Å². The molecule has 0 bridgehead atoms. The number of ether oxygens (including phenoxy) is 4. The molecule has 6 nitrogen and oxygen atoms in total. The van der Waals surface area contributed by atoms with Crippen molar-refractivity contribution >= 4 is 23.1 Å². The van der Waals surface area contributed by atoms with Crippen LogP contribution >= 0.6 is 11.3 Å². The lowest BCUT2D eigenvalue weighted by Gasteiger charge is -2.26. The van der Waals surface area contributed by atoms with Gasteiger partial charge in [0, 0.05) is 16.9 Å². The van der Waals surface area contributed by atoms with E-state index < -0.39 is 11.6 Å². The first-order chi connectivity index (χ1) is 15.8. The van der Waals surface area contributed by atoms with E-state index in [4.69, 9.17) is 18.9 Å². The maximum absolute atomic E-state index is 13.4. The number of carbonyl (C=O) groups is 2. The molecule has 174 valence electrons. The van der Waals surface area contributed by atoms with E-state index in [9.17, 15) is 9.59 Å². The van der Waals surface area contributed by atoms with Gasteiger partial charge in [-0.05, 0) is 68.1 Å². The monoisotopic (exact) mass is 468 g/mol. The second kappa shape index (κ2) is 10.5. The van der Waals surface area contributed by atoms with Gasteiger partial charge in [0.15, 0.2) is 11.4 Å². The average molecular weight is 469 g/mol. The second-order valence-corrected chi connectivity index (χ2v) is 8.72. The smallest absolute Gasteiger partial charge is 0.349 e. The molecular formula is C26H28O6S. The van der Waals surface area contributed by atoms with E-state index in [1.807, 2.05) is 29.6 Å². The van der Waals surface area contributed by atoms with Crippen molar-refractivity contribution in [3.8, 4) is 27.7 Å². The number of benzene rings is 2. The molecule has 3 aromatic rings. The molecule has 33 heavy (non-hydrogen) atoms. The van der Waals surface area contributed by atoms with Gasteiger partial charge >= 0.3 is 5.97 Å². The summed E-state index contributed by atoms with van der Waals surface area (Å²) in [7, 11) is 3.03. The first kappa shape index (κ1) is 24.3. The van der Waals surface area contributed by atoms with Gasteiger partial charge in [0.05, 0.1) is 20.8 Å². The van der Waals surface area contributed by atoms with Gasteiger partial charge in [-0.1, -0.05) is 12.1 Å². The molecule has 0 radical (unpaired) electrons. The number of Topliss-reactive ketones (excluding diaryl/α,β-unsaturated/α-hetero) is 1. The number of hydrogen-bond donors (Lipinski definition) is 0. The molecule has 0 unspecified atom stereocenters. The Balaban J connectivity index is 2.02. The average Bonchev–Trinajstić information content (AvgIpc) is 3.34. The Morgan fingerprint density at radius 2 is 1.64 bits per heavy atom. The summed E-state index contributed by atoms with van der Waals surface area (Å²) in [5, 5.41) is 1.99. The fraction of sp³-hybridized carbons (Fsp3) is 0.308. The Labute approximate surface area is 198 Å². The van der Waals surface area contributed by atoms with E-state index in [2.05, 4.69) is 0 Å². The van der Waals surface area contributed by atoms with Crippen molar-refractivity contribution in [3.05, 3.63) is 65.0 Å². The van der Waals surface area contributed by atoms with Crippen molar-refractivity contribution in [2.75, 3.05) is 20.8 Å². The van der Waals surface area contributed by atoms with Gasteiger partial charge < -0.3 is 18.9 Å². The summed E-state index contributed by atoms with van der Waals surface area (Å²) in [6.07, 6.45) is 0.0319. The minimum atomic E-state index is -1.22. The Morgan fingerprint density at radius 1 is 0.939 bits per heavy atom. The highest BCUT2D eigenvalue weighted by molar-refractivity contribution is 7.13. The second-order valence-electron chi connectivity index (χ2n) is 7.77. The Kier molecular flexibility index (Phi) is 7.76. The van der Waals surface area contributed by atoms with E-state index in [0.717, 1.165) is 10.4 Å². The number of esters is 1. The van der Waals surface area contributed by atoms with Gasteiger partial charge in [0.1, 0.15) is 22.8 Å². The lowest BCUT2D eigenvalue weighted by atomic mass is 9.98. The van der Waals surface area contributed by atoms with E-state index in [-0.39, 0.29) is 18.8 Å². The van der Waals surface area contributed by atoms with Crippen LogP contribution in [0.2, 0.25) is 0 Å². The molecule has 0 saturated carbocycles. The van der Waals surface area contributed by atoms with Gasteiger partial charge in [-0.15, -0.1) is 11.3 Å². The largest absolute Gasteiger partial charge is 0.496 e. The topological polar surface area (TPSA) is 71.1 Å². The van der Waals surface area contributed by atoms with Crippen LogP contribution in [0.15, 0.2) is 53.9 Å². The highest BCUT2D eigenvalue weighted by Crippen LogP contribution is 2.35. The molecule has 0 spiro atoms. The van der Waals surface area contributed by atoms with Gasteiger partial charge in [-0.2, -0.15) is 0 Å². The number of methoxy groups -OCH3 is 2. The minimum Gasteiger partial charge on any atom is -0.496 e. The standard InChI is InChI=1S/C26H28O6S/c1-6-31-25(28)26(2,3)32-20-13-12-17(23-11-8-14-33-23)15-18(20)16-19(27)24-21(29-4)9-7-10-22(24)30-5/h7-15H,6,16H2,1-5H3. The summed E-state index contributed by atoms with van der Waals surface area (Å²) in [4.78, 5) is 26.9. The molecule has 7 heteroatoms. The molecule has 0 fully saturated rings. The molecule has 0 aliphatic carbocycles. The summed E-state index contributed by atoms with van der Waals surface area (Å²) in [6, 6.07) is 14.8. The Bertz CT molecular complexity index is 1100. The van der Waals surface area contributed by atoms with Crippen molar-refractivity contribution in [2.24, 2.45) is 0 Å². The van der Waals surface area contributed by atoms with Gasteiger partial charge in [0.25, 0.3) is 0 Å². The van der Waals surface area contributed by atoms with Crippen LogP contribution < -0.4 is 14.2 Å². The third kappa shape index (κ3) is 5.54. The lowest BCUT2D eigenvalue weighted by Crippen LogP contribution is -2.40. The van der Waals surface area contributed by atoms with E-state index in [1.165, 1.54) is 14.2 Å². The zero-order valence-electron chi connectivity index (χ0n) is 19.5. The van der Waals surface area contributed by atoms with Crippen molar-refractivity contribution in [3.63, 3.8) is 0 Å². The molecule has 3 rings (SSSR count). The number of ketones is 1. The molecule has 0 amide bonds. The first-order valence-corrected chi connectivity index (χ1v) is 11.5. The zero-order valence-corrected chi connectivity index (χ0v) is 20.3. The van der Waals surface area contributed by atoms with Crippen LogP contribution in [0.25, 0.3) is 10.4 Å². The normalized spacial score (nSPS) is 11.1. The van der Waals surface area contributed by atoms with Crippen LogP contribution in [-0.2, 0) is 16.0 Å². The summed E-state index contributed by atoms with van der Waals surface area (Å²) < 4.78 is 22.0. The quantitative estimate of drug-likeness (QED) is 0.286. The molecular weight excluding hydrogens is 440 g/mol. The third-order valence-electron chi connectivity index (χ3n) is 5.06. The zero-order chi connectivity index (χ0) is 24.0. The molecule has 0 aliphatic rings. The van der Waals surface area contributed by atoms with Crippen LogP contribution in [0.3, 0.4) is 0 Å². The molecule has 1 aromatic heterocycles. The highest BCUT2D eigenvalue weighted by Gasteiger charge is 2.33. The first-order valence-electron chi connectivity index (χ1n) is 10.6. The summed E-state index contributed by atoms with van der Waals surface area (Å²) in [6.45, 7) is 5.29. The maximum Gasteiger partial charge on any atom is 0.349 e. The fourth-order valence-corrected chi connectivity index (χ4v) is 4.15. The summed E-state index contributed by atoms with van der Waals surface area (Å²) >= 11 is 1.60. The molecule has 0 saturated heterocycles. The highest BCUT2D eigenvalue weighted by atomic mass is 32.1. The number of thiophene rings is 1. The molecule has 0 N–H and O–H groups in total. The molecule has 0 atom stereocenters. The maximum atomic E-state index is 13.4. The van der Waals surface area contributed by atoms with Gasteiger partial charge in [0.2, 0.25) is 0 Å². The van der Waals surface area contributed by atoms with Crippen LogP contribution in [-0.4, -0.2) is 38.2 Å². The van der Waals surface area contributed by atoms with Crippen LogP contribution in [0, 0.1) is 0 Å². The van der Waals surface area contributed by atoms with Gasteiger partial charge in [-0.3, -0.25) is 4.79 Å². The van der Waals surface area contributed by atoms with Crippen molar-refractivity contribution in [2.45, 2.75) is 32.8 Å². The predicted molar refractivity (Wildman–Crippen MR) is 129 cm³/mol. The van der Waals surface area contributed by atoms with Crippen molar-refractivity contribution in [1.82, 2.24) is 0 Å². The van der Waals surface area contributed by atoms with E-state index in [0.29, 0.717) is 28.4 Å². The number of rotatable bonds is 10. The minimum absolute atomic E-state index is 0.0319. The third-order valence-corrected chi connectivity index (χ3v) is 5.97. The van der Waals surface area contributed by atoms with Crippen LogP contribution in [0.1, 0.15) is 36.7 Å².